The molecule has 4 heteroatoms. The summed E-state index contributed by atoms with van der Waals surface area (Å²) in [7, 11) is 0. The summed E-state index contributed by atoms with van der Waals surface area (Å²) in [6.07, 6.45) is 0. The zero-order chi connectivity index (χ0) is 12.4. The maximum Gasteiger partial charge on any atom is 0.195 e. The maximum atomic E-state index is 4.21. The minimum Gasteiger partial charge on any atom is -0.274 e. The average molecular weight is 247 g/mol. The van der Waals surface area contributed by atoms with Gasteiger partial charge < -0.3 is 0 Å². The lowest BCUT2D eigenvalue weighted by atomic mass is 10.1. The van der Waals surface area contributed by atoms with Gasteiger partial charge in [0.15, 0.2) is 5.16 Å². The number of aryl methyl sites for hydroxylation is 3. The van der Waals surface area contributed by atoms with E-state index in [2.05, 4.69) is 53.7 Å². The van der Waals surface area contributed by atoms with E-state index < -0.39 is 0 Å². The Labute approximate surface area is 106 Å². The Hall–Kier alpha value is -1.29. The molecule has 17 heavy (non-hydrogen) atoms. The van der Waals surface area contributed by atoms with Crippen LogP contribution in [0.1, 0.15) is 23.9 Å². The van der Waals surface area contributed by atoms with E-state index in [9.17, 15) is 0 Å². The number of hydrogen-bond acceptors (Lipinski definition) is 3. The van der Waals surface area contributed by atoms with E-state index in [1.54, 1.807) is 11.8 Å². The molecule has 90 valence electrons. The number of hydrogen-bond donors (Lipinski definition) is 0. The molecule has 2 rings (SSSR count). The van der Waals surface area contributed by atoms with Crippen molar-refractivity contribution < 1.29 is 0 Å². The van der Waals surface area contributed by atoms with Crippen LogP contribution in [0.25, 0.3) is 5.69 Å². The fraction of sp³-hybridized carbons (Fsp3) is 0.385. The van der Waals surface area contributed by atoms with Crippen molar-refractivity contribution in [2.45, 2.75) is 32.9 Å². The topological polar surface area (TPSA) is 30.7 Å². The predicted octanol–water partition coefficient (Wildman–Crippen LogP) is 3.30. The third-order valence-electron chi connectivity index (χ3n) is 2.82. The van der Waals surface area contributed by atoms with Crippen molar-refractivity contribution in [3.8, 4) is 5.69 Å². The second kappa shape index (κ2) is 4.92. The monoisotopic (exact) mass is 247 g/mol. The van der Waals surface area contributed by atoms with E-state index in [0.29, 0.717) is 0 Å². The molecule has 0 N–H and O–H groups in total. The highest BCUT2D eigenvalue weighted by Crippen LogP contribution is 2.22. The van der Waals surface area contributed by atoms with Crippen molar-refractivity contribution in [2.75, 3.05) is 5.75 Å². The van der Waals surface area contributed by atoms with Crippen LogP contribution in [0.15, 0.2) is 23.4 Å². The van der Waals surface area contributed by atoms with Crippen molar-refractivity contribution >= 4 is 11.8 Å². The van der Waals surface area contributed by atoms with Crippen LogP contribution in [0.3, 0.4) is 0 Å². The smallest absolute Gasteiger partial charge is 0.195 e. The highest BCUT2D eigenvalue weighted by atomic mass is 32.2. The van der Waals surface area contributed by atoms with Crippen molar-refractivity contribution in [1.29, 1.82) is 0 Å². The highest BCUT2D eigenvalue weighted by molar-refractivity contribution is 7.99. The van der Waals surface area contributed by atoms with Crippen molar-refractivity contribution in [3.63, 3.8) is 0 Å². The van der Waals surface area contributed by atoms with Crippen LogP contribution in [0.5, 0.6) is 0 Å². The molecule has 0 aliphatic rings. The van der Waals surface area contributed by atoms with Gasteiger partial charge in [-0.1, -0.05) is 24.8 Å². The molecule has 0 radical (unpaired) electrons. The molecule has 0 unspecified atom stereocenters. The third kappa shape index (κ3) is 2.36. The second-order valence-electron chi connectivity index (χ2n) is 4.07. The first-order chi connectivity index (χ1) is 8.13. The molecule has 0 aliphatic carbocycles. The van der Waals surface area contributed by atoms with Crippen molar-refractivity contribution in [1.82, 2.24) is 14.8 Å². The predicted molar refractivity (Wildman–Crippen MR) is 72.0 cm³/mol. The number of nitrogens with zero attached hydrogens (tertiary/aromatic N) is 3. The molecule has 1 aromatic heterocycles. The molecule has 0 spiro atoms. The van der Waals surface area contributed by atoms with Gasteiger partial charge in [0.05, 0.1) is 0 Å². The van der Waals surface area contributed by atoms with Gasteiger partial charge in [0.1, 0.15) is 5.82 Å². The molecule has 0 bridgehead atoms. The summed E-state index contributed by atoms with van der Waals surface area (Å²) in [4.78, 5) is 0. The fourth-order valence-electron chi connectivity index (χ4n) is 1.73. The molecule has 0 aliphatic heterocycles. The Kier molecular flexibility index (Phi) is 3.52. The minimum absolute atomic E-state index is 0.934. The van der Waals surface area contributed by atoms with Gasteiger partial charge >= 0.3 is 0 Å². The summed E-state index contributed by atoms with van der Waals surface area (Å²) in [5, 5.41) is 9.33. The van der Waals surface area contributed by atoms with Gasteiger partial charge in [-0.15, -0.1) is 10.2 Å². The van der Waals surface area contributed by atoms with Gasteiger partial charge in [0.25, 0.3) is 0 Å². The summed E-state index contributed by atoms with van der Waals surface area (Å²) in [5.74, 6) is 1.94. The van der Waals surface area contributed by atoms with Gasteiger partial charge in [-0.3, -0.25) is 4.57 Å². The second-order valence-corrected chi connectivity index (χ2v) is 5.30. The van der Waals surface area contributed by atoms with Crippen molar-refractivity contribution in [2.24, 2.45) is 0 Å². The highest BCUT2D eigenvalue weighted by Gasteiger charge is 2.10. The van der Waals surface area contributed by atoms with E-state index in [-0.39, 0.29) is 0 Å². The Bertz CT molecular complexity index is 531. The molecular weight excluding hydrogens is 230 g/mol. The van der Waals surface area contributed by atoms with E-state index in [1.807, 2.05) is 6.92 Å². The lowest BCUT2D eigenvalue weighted by Crippen LogP contribution is -2.00. The first-order valence-corrected chi connectivity index (χ1v) is 6.74. The normalized spacial score (nSPS) is 10.8. The summed E-state index contributed by atoms with van der Waals surface area (Å²) in [5.41, 5.74) is 3.75. The molecule has 0 amide bonds. The first kappa shape index (κ1) is 12.2. The van der Waals surface area contributed by atoms with Gasteiger partial charge in [-0.05, 0) is 49.8 Å². The van der Waals surface area contributed by atoms with Crippen molar-refractivity contribution in [3.05, 3.63) is 35.2 Å². The largest absolute Gasteiger partial charge is 0.274 e. The molecule has 0 fully saturated rings. The van der Waals surface area contributed by atoms with Crippen LogP contribution in [0.2, 0.25) is 0 Å². The zero-order valence-electron chi connectivity index (χ0n) is 10.7. The number of thioether (sulfide) groups is 1. The van der Waals surface area contributed by atoms with E-state index in [0.717, 1.165) is 22.4 Å². The zero-order valence-corrected chi connectivity index (χ0v) is 11.5. The quantitative estimate of drug-likeness (QED) is 0.780. The Balaban J connectivity index is 2.51. The fourth-order valence-corrected chi connectivity index (χ4v) is 2.45. The van der Waals surface area contributed by atoms with Gasteiger partial charge in [-0.2, -0.15) is 0 Å². The van der Waals surface area contributed by atoms with Gasteiger partial charge in [0.2, 0.25) is 0 Å². The van der Waals surface area contributed by atoms with Gasteiger partial charge in [0, 0.05) is 5.69 Å². The standard InChI is InChI=1S/C13H17N3S/c1-5-17-13-15-14-11(4)16(13)12-7-6-9(2)10(3)8-12/h6-8H,5H2,1-4H3. The van der Waals surface area contributed by atoms with Crippen LogP contribution >= 0.6 is 11.8 Å². The summed E-state index contributed by atoms with van der Waals surface area (Å²) in [6, 6.07) is 6.45. The molecular formula is C13H17N3S. The van der Waals surface area contributed by atoms with E-state index >= 15 is 0 Å². The SMILES string of the molecule is CCSc1nnc(C)n1-c1ccc(C)c(C)c1. The molecule has 3 nitrogen and oxygen atoms in total. The average Bonchev–Trinajstić information content (AvgIpc) is 2.65. The van der Waals surface area contributed by atoms with Crippen LogP contribution < -0.4 is 0 Å². The first-order valence-electron chi connectivity index (χ1n) is 5.76. The van der Waals surface area contributed by atoms with Crippen LogP contribution in [0.4, 0.5) is 0 Å². The summed E-state index contributed by atoms with van der Waals surface area (Å²) in [6.45, 7) is 8.37. The summed E-state index contributed by atoms with van der Waals surface area (Å²) < 4.78 is 2.11. The van der Waals surface area contributed by atoms with Crippen LogP contribution in [-0.4, -0.2) is 20.5 Å². The molecule has 1 heterocycles. The number of aromatic nitrogens is 3. The van der Waals surface area contributed by atoms with Crippen LogP contribution in [-0.2, 0) is 0 Å². The minimum atomic E-state index is 0.934. The Morgan fingerprint density at radius 3 is 2.53 bits per heavy atom. The third-order valence-corrected chi connectivity index (χ3v) is 3.63. The molecule has 1 aromatic carbocycles. The van der Waals surface area contributed by atoms with Crippen LogP contribution in [0, 0.1) is 20.8 Å². The number of rotatable bonds is 3. The molecule has 0 atom stereocenters. The lowest BCUT2D eigenvalue weighted by molar-refractivity contribution is 0.867. The lowest BCUT2D eigenvalue weighted by Gasteiger charge is -2.09. The van der Waals surface area contributed by atoms with E-state index in [1.165, 1.54) is 11.1 Å². The Morgan fingerprint density at radius 1 is 1.12 bits per heavy atom. The van der Waals surface area contributed by atoms with E-state index in [4.69, 9.17) is 0 Å². The summed E-state index contributed by atoms with van der Waals surface area (Å²) >= 11 is 1.72. The Morgan fingerprint density at radius 2 is 1.88 bits per heavy atom. The molecule has 2 aromatic rings. The van der Waals surface area contributed by atoms with Gasteiger partial charge in [-0.25, -0.2) is 0 Å². The maximum absolute atomic E-state index is 4.21. The molecule has 0 saturated heterocycles. The number of benzene rings is 1. The molecule has 0 saturated carbocycles.